The summed E-state index contributed by atoms with van der Waals surface area (Å²) < 4.78 is 45.6. The molecule has 8 heteroatoms. The number of benzene rings is 1. The number of halogens is 1. The minimum absolute atomic E-state index is 0.0107. The van der Waals surface area contributed by atoms with Crippen LogP contribution in [0.2, 0.25) is 0 Å². The van der Waals surface area contributed by atoms with Crippen molar-refractivity contribution in [3.8, 4) is 0 Å². The van der Waals surface area contributed by atoms with Crippen molar-refractivity contribution in [2.45, 2.75) is 24.3 Å². The molecule has 1 fully saturated rings. The molecular weight excluding hydrogens is 315 g/mol. The van der Waals surface area contributed by atoms with E-state index in [2.05, 4.69) is 0 Å². The third-order valence-corrected chi connectivity index (χ3v) is 5.48. The molecule has 0 aliphatic carbocycles. The van der Waals surface area contributed by atoms with E-state index in [4.69, 9.17) is 22.7 Å². The second-order valence-corrected chi connectivity index (χ2v) is 7.15. The molecule has 1 aromatic carbocycles. The van der Waals surface area contributed by atoms with E-state index in [1.165, 1.54) is 16.4 Å². The molecule has 1 atom stereocenters. The molecule has 2 N–H and O–H groups in total. The first kappa shape index (κ1) is 16.3. The Morgan fingerprint density at radius 2 is 2.29 bits per heavy atom. The van der Waals surface area contributed by atoms with E-state index in [9.17, 15) is 12.8 Å². The van der Waals surface area contributed by atoms with Gasteiger partial charge >= 0.3 is 0 Å². The molecule has 0 aromatic heterocycles. The van der Waals surface area contributed by atoms with E-state index < -0.39 is 15.8 Å². The lowest BCUT2D eigenvalue weighted by atomic mass is 10.2. The van der Waals surface area contributed by atoms with E-state index in [0.717, 1.165) is 12.5 Å². The molecule has 21 heavy (non-hydrogen) atoms. The molecule has 1 aliphatic rings. The van der Waals surface area contributed by atoms with Crippen molar-refractivity contribution >= 4 is 27.2 Å². The summed E-state index contributed by atoms with van der Waals surface area (Å²) in [7, 11) is -3.71. The average Bonchev–Trinajstić information content (AvgIpc) is 2.47. The molecule has 1 aromatic rings. The Morgan fingerprint density at radius 1 is 1.57 bits per heavy atom. The van der Waals surface area contributed by atoms with Crippen molar-refractivity contribution in [2.75, 3.05) is 19.7 Å². The van der Waals surface area contributed by atoms with Crippen LogP contribution in [0.25, 0.3) is 0 Å². The van der Waals surface area contributed by atoms with Crippen molar-refractivity contribution in [2.24, 2.45) is 5.73 Å². The van der Waals surface area contributed by atoms with Crippen LogP contribution in [0.5, 0.6) is 0 Å². The van der Waals surface area contributed by atoms with Crippen molar-refractivity contribution in [3.63, 3.8) is 0 Å². The maximum atomic E-state index is 13.6. The number of ether oxygens (including phenoxy) is 1. The minimum atomic E-state index is -3.71. The summed E-state index contributed by atoms with van der Waals surface area (Å²) >= 11 is 4.74. The quantitative estimate of drug-likeness (QED) is 0.841. The highest BCUT2D eigenvalue weighted by Gasteiger charge is 2.30. The van der Waals surface area contributed by atoms with Crippen LogP contribution in [-0.2, 0) is 14.8 Å². The Kier molecular flexibility index (Phi) is 4.92. The molecule has 0 amide bonds. The summed E-state index contributed by atoms with van der Waals surface area (Å²) in [6, 6.07) is 3.48. The molecule has 1 saturated heterocycles. The average molecular weight is 332 g/mol. The lowest BCUT2D eigenvalue weighted by Crippen LogP contribution is -2.45. The van der Waals surface area contributed by atoms with Crippen LogP contribution in [0, 0.1) is 5.82 Å². The third-order valence-electron chi connectivity index (χ3n) is 3.40. The molecule has 0 saturated carbocycles. The molecule has 1 unspecified atom stereocenters. The Balaban J connectivity index is 2.35. The van der Waals surface area contributed by atoms with E-state index in [0.29, 0.717) is 13.2 Å². The number of hydrogen-bond donors (Lipinski definition) is 1. The second kappa shape index (κ2) is 6.35. The SMILES string of the molecule is CCC1CN(S(=O)(=O)c2ccc(F)c(C(N)=S)c2)CCO1. The lowest BCUT2D eigenvalue weighted by Gasteiger charge is -2.31. The number of morpholine rings is 1. The van der Waals surface area contributed by atoms with Gasteiger partial charge in [-0.2, -0.15) is 4.31 Å². The van der Waals surface area contributed by atoms with Crippen LogP contribution in [0.1, 0.15) is 18.9 Å². The first-order valence-corrected chi connectivity index (χ1v) is 8.42. The fourth-order valence-electron chi connectivity index (χ4n) is 2.16. The third kappa shape index (κ3) is 3.39. The lowest BCUT2D eigenvalue weighted by molar-refractivity contribution is -0.00278. The maximum absolute atomic E-state index is 13.6. The van der Waals surface area contributed by atoms with E-state index in [-0.39, 0.29) is 28.1 Å². The van der Waals surface area contributed by atoms with Crippen LogP contribution < -0.4 is 5.73 Å². The fourth-order valence-corrected chi connectivity index (χ4v) is 3.80. The number of nitrogens with two attached hydrogens (primary N) is 1. The summed E-state index contributed by atoms with van der Waals surface area (Å²) in [4.78, 5) is -0.179. The number of thiocarbonyl (C=S) groups is 1. The minimum Gasteiger partial charge on any atom is -0.389 e. The zero-order valence-corrected chi connectivity index (χ0v) is 13.2. The second-order valence-electron chi connectivity index (χ2n) is 4.77. The standard InChI is InChI=1S/C13H17FN2O3S2/c1-2-9-8-16(5-6-19-9)21(17,18)10-3-4-12(14)11(7-10)13(15)20/h3-4,7,9H,2,5-6,8H2,1H3,(H2,15,20). The summed E-state index contributed by atoms with van der Waals surface area (Å²) in [6.07, 6.45) is 0.608. The van der Waals surface area contributed by atoms with Gasteiger partial charge in [0, 0.05) is 18.7 Å². The molecule has 0 radical (unpaired) electrons. The highest BCUT2D eigenvalue weighted by atomic mass is 32.2. The van der Waals surface area contributed by atoms with Gasteiger partial charge in [0.05, 0.1) is 17.6 Å². The number of hydrogen-bond acceptors (Lipinski definition) is 4. The van der Waals surface area contributed by atoms with Gasteiger partial charge in [-0.1, -0.05) is 19.1 Å². The smallest absolute Gasteiger partial charge is 0.243 e. The molecule has 5 nitrogen and oxygen atoms in total. The molecule has 2 rings (SSSR count). The van der Waals surface area contributed by atoms with E-state index in [1.54, 1.807) is 0 Å². The topological polar surface area (TPSA) is 72.6 Å². The van der Waals surface area contributed by atoms with Gasteiger partial charge in [0.2, 0.25) is 10.0 Å². The van der Waals surface area contributed by atoms with Crippen LogP contribution in [0.4, 0.5) is 4.39 Å². The maximum Gasteiger partial charge on any atom is 0.243 e. The van der Waals surface area contributed by atoms with Crippen LogP contribution in [0.15, 0.2) is 23.1 Å². The number of sulfonamides is 1. The van der Waals surface area contributed by atoms with Crippen LogP contribution in [0.3, 0.4) is 0 Å². The first-order valence-electron chi connectivity index (χ1n) is 6.57. The number of rotatable bonds is 4. The van der Waals surface area contributed by atoms with Crippen molar-refractivity contribution < 1.29 is 17.5 Å². The molecule has 1 aliphatic heterocycles. The molecular formula is C13H17FN2O3S2. The fraction of sp³-hybridized carbons (Fsp3) is 0.462. The summed E-state index contributed by atoms with van der Waals surface area (Å²) in [5, 5.41) is 0. The van der Waals surface area contributed by atoms with Gasteiger partial charge in [0.1, 0.15) is 10.8 Å². The van der Waals surface area contributed by atoms with Gasteiger partial charge < -0.3 is 10.5 Å². The normalized spacial score (nSPS) is 20.4. The predicted molar refractivity (Wildman–Crippen MR) is 81.1 cm³/mol. The Labute approximate surface area is 128 Å². The monoisotopic (exact) mass is 332 g/mol. The zero-order valence-electron chi connectivity index (χ0n) is 11.6. The van der Waals surface area contributed by atoms with Gasteiger partial charge in [0.15, 0.2) is 0 Å². The Hall–Kier alpha value is -1.09. The van der Waals surface area contributed by atoms with Crippen molar-refractivity contribution in [1.29, 1.82) is 0 Å². The van der Waals surface area contributed by atoms with Gasteiger partial charge in [-0.15, -0.1) is 0 Å². The van der Waals surface area contributed by atoms with Crippen LogP contribution in [-0.4, -0.2) is 43.5 Å². The molecule has 0 spiro atoms. The highest BCUT2D eigenvalue weighted by molar-refractivity contribution is 7.89. The first-order chi connectivity index (χ1) is 9.86. The van der Waals surface area contributed by atoms with E-state index in [1.807, 2.05) is 6.92 Å². The summed E-state index contributed by atoms with van der Waals surface area (Å²) in [5.41, 5.74) is 5.35. The highest BCUT2D eigenvalue weighted by Crippen LogP contribution is 2.22. The van der Waals surface area contributed by atoms with Crippen molar-refractivity contribution in [1.82, 2.24) is 4.31 Å². The largest absolute Gasteiger partial charge is 0.389 e. The van der Waals surface area contributed by atoms with Gasteiger partial charge in [-0.3, -0.25) is 0 Å². The zero-order chi connectivity index (χ0) is 15.6. The summed E-state index contributed by atoms with van der Waals surface area (Å²) in [5.74, 6) is -0.630. The van der Waals surface area contributed by atoms with Gasteiger partial charge in [-0.25, -0.2) is 12.8 Å². The summed E-state index contributed by atoms with van der Waals surface area (Å²) in [6.45, 7) is 2.85. The van der Waals surface area contributed by atoms with Gasteiger partial charge in [0.25, 0.3) is 0 Å². The van der Waals surface area contributed by atoms with Crippen LogP contribution >= 0.6 is 12.2 Å². The molecule has 1 heterocycles. The molecule has 0 bridgehead atoms. The van der Waals surface area contributed by atoms with E-state index >= 15 is 0 Å². The van der Waals surface area contributed by atoms with Crippen molar-refractivity contribution in [3.05, 3.63) is 29.6 Å². The van der Waals surface area contributed by atoms with Gasteiger partial charge in [-0.05, 0) is 24.6 Å². The predicted octanol–water partition coefficient (Wildman–Crippen LogP) is 1.26. The Morgan fingerprint density at radius 3 is 2.90 bits per heavy atom. The molecule has 116 valence electrons. The Bertz CT molecular complexity index is 649. The number of nitrogens with zero attached hydrogens (tertiary/aromatic N) is 1.